The third-order valence-corrected chi connectivity index (χ3v) is 3.88. The van der Waals surface area contributed by atoms with Gasteiger partial charge in [0.2, 0.25) is 0 Å². The third-order valence-electron chi connectivity index (χ3n) is 3.88. The fourth-order valence-electron chi connectivity index (χ4n) is 2.74. The van der Waals surface area contributed by atoms with E-state index in [0.717, 1.165) is 16.8 Å². The van der Waals surface area contributed by atoms with E-state index in [1.54, 1.807) is 18.7 Å². The van der Waals surface area contributed by atoms with Crippen LogP contribution in [0.1, 0.15) is 31.3 Å². The molecule has 0 fully saturated rings. The van der Waals surface area contributed by atoms with Crippen LogP contribution in [0.15, 0.2) is 18.2 Å². The molecular formula is C17H21N5O2. The minimum Gasteiger partial charge on any atom is -0.493 e. The second-order valence-corrected chi connectivity index (χ2v) is 5.85. The molecule has 0 amide bonds. The molecule has 0 aliphatic carbocycles. The minimum absolute atomic E-state index is 0.178. The van der Waals surface area contributed by atoms with Crippen LogP contribution in [0.4, 0.5) is 5.82 Å². The van der Waals surface area contributed by atoms with E-state index in [4.69, 9.17) is 15.2 Å². The number of aryl methyl sites for hydroxylation is 1. The number of anilines is 1. The van der Waals surface area contributed by atoms with Gasteiger partial charge in [-0.1, -0.05) is 19.9 Å². The molecule has 0 unspecified atom stereocenters. The number of hydrogen-bond donors (Lipinski definition) is 1. The number of nitrogen functional groups attached to an aromatic ring is 1. The Morgan fingerprint density at radius 3 is 2.42 bits per heavy atom. The third kappa shape index (κ3) is 2.51. The highest BCUT2D eigenvalue weighted by molar-refractivity contribution is 5.79. The average Bonchev–Trinajstić information content (AvgIpc) is 2.94. The lowest BCUT2D eigenvalue weighted by molar-refractivity contribution is 0.355. The van der Waals surface area contributed by atoms with Gasteiger partial charge in [0, 0.05) is 5.56 Å². The zero-order chi connectivity index (χ0) is 17.4. The standard InChI is InChI=1S/C17H21N5O2/c1-9(2)15-14(11-6-7-12(23-4)13(8-11)24-5)16(18)22-17(20-15)19-10(3)21-22/h6-9H,18H2,1-5H3. The molecule has 0 atom stereocenters. The van der Waals surface area contributed by atoms with Crippen LogP contribution in [0.2, 0.25) is 0 Å². The molecule has 2 N–H and O–H groups in total. The van der Waals surface area contributed by atoms with Gasteiger partial charge in [0.05, 0.1) is 19.9 Å². The van der Waals surface area contributed by atoms with Crippen molar-refractivity contribution in [2.45, 2.75) is 26.7 Å². The summed E-state index contributed by atoms with van der Waals surface area (Å²) in [4.78, 5) is 9.00. The Kier molecular flexibility index (Phi) is 4.01. The van der Waals surface area contributed by atoms with Crippen molar-refractivity contribution in [2.24, 2.45) is 0 Å². The van der Waals surface area contributed by atoms with Gasteiger partial charge in [-0.25, -0.2) is 4.98 Å². The van der Waals surface area contributed by atoms with E-state index in [0.29, 0.717) is 28.9 Å². The first kappa shape index (κ1) is 16.0. The molecule has 2 aromatic heterocycles. The first-order valence-corrected chi connectivity index (χ1v) is 7.71. The molecule has 0 aliphatic heterocycles. The SMILES string of the molecule is COc1ccc(-c2c(C(C)C)nc3nc(C)nn3c2N)cc1OC. The van der Waals surface area contributed by atoms with Crippen LogP contribution in [0.3, 0.4) is 0 Å². The summed E-state index contributed by atoms with van der Waals surface area (Å²) in [5.74, 6) is 3.13. The van der Waals surface area contributed by atoms with E-state index in [2.05, 4.69) is 28.9 Å². The Labute approximate surface area is 140 Å². The number of nitrogens with zero attached hydrogens (tertiary/aromatic N) is 4. The largest absolute Gasteiger partial charge is 0.493 e. The molecular weight excluding hydrogens is 306 g/mol. The van der Waals surface area contributed by atoms with Crippen LogP contribution in [-0.4, -0.2) is 33.8 Å². The number of methoxy groups -OCH3 is 2. The van der Waals surface area contributed by atoms with Crippen LogP contribution in [0, 0.1) is 6.92 Å². The van der Waals surface area contributed by atoms with Crippen LogP contribution in [0.5, 0.6) is 11.5 Å². The Balaban J connectivity index is 2.31. The lowest BCUT2D eigenvalue weighted by atomic mass is 9.97. The number of rotatable bonds is 4. The molecule has 1 aromatic carbocycles. The Morgan fingerprint density at radius 1 is 1.08 bits per heavy atom. The van der Waals surface area contributed by atoms with E-state index in [9.17, 15) is 0 Å². The summed E-state index contributed by atoms with van der Waals surface area (Å²) in [6.07, 6.45) is 0. The Morgan fingerprint density at radius 2 is 1.79 bits per heavy atom. The van der Waals surface area contributed by atoms with Crippen LogP contribution in [-0.2, 0) is 0 Å². The number of benzene rings is 1. The maximum Gasteiger partial charge on any atom is 0.254 e. The lowest BCUT2D eigenvalue weighted by Gasteiger charge is -2.16. The fraction of sp³-hybridized carbons (Fsp3) is 0.353. The molecule has 0 saturated carbocycles. The van der Waals surface area contributed by atoms with Crippen molar-refractivity contribution >= 4 is 11.6 Å². The van der Waals surface area contributed by atoms with Gasteiger partial charge in [-0.3, -0.25) is 0 Å². The molecule has 2 heterocycles. The Bertz CT molecular complexity index is 902. The maximum atomic E-state index is 6.41. The van der Waals surface area contributed by atoms with Gasteiger partial charge in [-0.15, -0.1) is 5.10 Å². The normalized spacial score (nSPS) is 11.2. The summed E-state index contributed by atoms with van der Waals surface area (Å²) in [5, 5.41) is 4.34. The van der Waals surface area contributed by atoms with Crippen molar-refractivity contribution in [3.05, 3.63) is 29.7 Å². The summed E-state index contributed by atoms with van der Waals surface area (Å²) in [7, 11) is 3.22. The molecule has 126 valence electrons. The predicted octanol–water partition coefficient (Wildman–Crippen LogP) is 2.82. The van der Waals surface area contributed by atoms with Crippen molar-refractivity contribution in [1.29, 1.82) is 0 Å². The summed E-state index contributed by atoms with van der Waals surface area (Å²) in [6, 6.07) is 5.69. The zero-order valence-electron chi connectivity index (χ0n) is 14.5. The molecule has 0 bridgehead atoms. The smallest absolute Gasteiger partial charge is 0.254 e. The van der Waals surface area contributed by atoms with Crippen molar-refractivity contribution < 1.29 is 9.47 Å². The summed E-state index contributed by atoms with van der Waals surface area (Å²) in [6.45, 7) is 5.97. The predicted molar refractivity (Wildman–Crippen MR) is 92.6 cm³/mol. The fourth-order valence-corrected chi connectivity index (χ4v) is 2.74. The van der Waals surface area contributed by atoms with E-state index in [1.807, 2.05) is 25.1 Å². The van der Waals surface area contributed by atoms with Crippen molar-refractivity contribution in [2.75, 3.05) is 20.0 Å². The van der Waals surface area contributed by atoms with E-state index >= 15 is 0 Å². The van der Waals surface area contributed by atoms with Gasteiger partial charge in [0.1, 0.15) is 11.6 Å². The van der Waals surface area contributed by atoms with Gasteiger partial charge < -0.3 is 15.2 Å². The first-order valence-electron chi connectivity index (χ1n) is 7.71. The van der Waals surface area contributed by atoms with E-state index in [1.165, 1.54) is 0 Å². The second kappa shape index (κ2) is 5.99. The lowest BCUT2D eigenvalue weighted by Crippen LogP contribution is -2.09. The highest BCUT2D eigenvalue weighted by atomic mass is 16.5. The molecule has 0 aliphatic rings. The maximum absolute atomic E-state index is 6.41. The number of nitrogens with two attached hydrogens (primary N) is 1. The van der Waals surface area contributed by atoms with Crippen LogP contribution >= 0.6 is 0 Å². The van der Waals surface area contributed by atoms with Crippen molar-refractivity contribution in [3.8, 4) is 22.6 Å². The van der Waals surface area contributed by atoms with E-state index in [-0.39, 0.29) is 5.92 Å². The zero-order valence-corrected chi connectivity index (χ0v) is 14.5. The van der Waals surface area contributed by atoms with Gasteiger partial charge >= 0.3 is 0 Å². The number of ether oxygens (including phenoxy) is 2. The minimum atomic E-state index is 0.178. The summed E-state index contributed by atoms with van der Waals surface area (Å²) >= 11 is 0. The topological polar surface area (TPSA) is 87.6 Å². The molecule has 3 rings (SSSR count). The molecule has 3 aromatic rings. The van der Waals surface area contributed by atoms with Crippen molar-refractivity contribution in [1.82, 2.24) is 19.6 Å². The number of aromatic nitrogens is 4. The van der Waals surface area contributed by atoms with Crippen molar-refractivity contribution in [3.63, 3.8) is 0 Å². The van der Waals surface area contributed by atoms with Gasteiger partial charge in [-0.2, -0.15) is 9.50 Å². The van der Waals surface area contributed by atoms with E-state index < -0.39 is 0 Å². The quantitative estimate of drug-likeness (QED) is 0.793. The number of hydrogen-bond acceptors (Lipinski definition) is 6. The summed E-state index contributed by atoms with van der Waals surface area (Å²) < 4.78 is 12.3. The monoisotopic (exact) mass is 327 g/mol. The van der Waals surface area contributed by atoms with Gasteiger partial charge in [0.15, 0.2) is 11.5 Å². The van der Waals surface area contributed by atoms with Gasteiger partial charge in [-0.05, 0) is 30.5 Å². The molecule has 0 radical (unpaired) electrons. The molecule has 24 heavy (non-hydrogen) atoms. The number of fused-ring (bicyclic) bond motifs is 1. The van der Waals surface area contributed by atoms with Crippen LogP contribution < -0.4 is 15.2 Å². The van der Waals surface area contributed by atoms with Gasteiger partial charge in [0.25, 0.3) is 5.78 Å². The molecule has 7 heteroatoms. The second-order valence-electron chi connectivity index (χ2n) is 5.85. The average molecular weight is 327 g/mol. The highest BCUT2D eigenvalue weighted by Crippen LogP contribution is 2.38. The van der Waals surface area contributed by atoms with Crippen LogP contribution in [0.25, 0.3) is 16.9 Å². The first-order chi connectivity index (χ1) is 11.5. The molecule has 7 nitrogen and oxygen atoms in total. The summed E-state index contributed by atoms with van der Waals surface area (Å²) in [5.41, 5.74) is 9.02. The highest BCUT2D eigenvalue weighted by Gasteiger charge is 2.20. The molecule has 0 spiro atoms. The Hall–Kier alpha value is -2.83. The molecule has 0 saturated heterocycles.